The summed E-state index contributed by atoms with van der Waals surface area (Å²) in [5.41, 5.74) is 4.36. The molecule has 0 atom stereocenters. The van der Waals surface area contributed by atoms with Crippen LogP contribution in [0.4, 0.5) is 0 Å². The van der Waals surface area contributed by atoms with Crippen LogP contribution in [0, 0.1) is 4.64 Å². The Balaban J connectivity index is 1.91. The number of para-hydroxylation sites is 1. The number of aromatic amines is 1. The van der Waals surface area contributed by atoms with Crippen LogP contribution in [0.3, 0.4) is 0 Å². The monoisotopic (exact) mass is 296 g/mol. The van der Waals surface area contributed by atoms with Crippen molar-refractivity contribution in [1.29, 1.82) is 0 Å². The molecule has 106 valence electrons. The average molecular weight is 296 g/mol. The van der Waals surface area contributed by atoms with E-state index in [9.17, 15) is 0 Å². The Hall–Kier alpha value is -1.94. The van der Waals surface area contributed by atoms with E-state index in [1.807, 2.05) is 18.2 Å². The van der Waals surface area contributed by atoms with Gasteiger partial charge in [0.25, 0.3) is 0 Å². The minimum atomic E-state index is 0.742. The molecule has 0 radical (unpaired) electrons. The Kier molecular flexibility index (Phi) is 3.11. The van der Waals surface area contributed by atoms with Crippen LogP contribution >= 0.6 is 12.2 Å². The predicted molar refractivity (Wildman–Crippen MR) is 85.9 cm³/mol. The molecule has 3 aromatic rings. The summed E-state index contributed by atoms with van der Waals surface area (Å²) in [7, 11) is 0. The third-order valence-corrected chi connectivity index (χ3v) is 4.53. The van der Waals surface area contributed by atoms with Crippen molar-refractivity contribution in [3.63, 3.8) is 0 Å². The fourth-order valence-electron chi connectivity index (χ4n) is 3.08. The lowest BCUT2D eigenvalue weighted by Crippen LogP contribution is -2.01. The van der Waals surface area contributed by atoms with Gasteiger partial charge in [-0.3, -0.25) is 0 Å². The number of benzene rings is 1. The molecule has 0 bridgehead atoms. The Morgan fingerprint density at radius 1 is 1.10 bits per heavy atom. The van der Waals surface area contributed by atoms with Gasteiger partial charge in [-0.25, -0.2) is 4.98 Å². The highest BCUT2D eigenvalue weighted by molar-refractivity contribution is 7.71. The maximum Gasteiger partial charge on any atom is 0.143 e. The first-order valence-corrected chi connectivity index (χ1v) is 7.82. The topological polar surface area (TPSA) is 41.8 Å². The molecule has 0 fully saturated rings. The first-order valence-electron chi connectivity index (χ1n) is 7.41. The lowest BCUT2D eigenvalue weighted by atomic mass is 10.1. The number of hydrogen-bond donors (Lipinski definition) is 1. The fraction of sp³-hybridized carbons (Fsp3) is 0.294. The third-order valence-electron chi connectivity index (χ3n) is 4.19. The fourth-order valence-corrected chi connectivity index (χ4v) is 3.40. The second kappa shape index (κ2) is 5.11. The normalized spacial score (nSPS) is 14.9. The first-order chi connectivity index (χ1) is 10.3. The summed E-state index contributed by atoms with van der Waals surface area (Å²) in [5.74, 6) is 0.825. The van der Waals surface area contributed by atoms with Crippen molar-refractivity contribution in [3.8, 4) is 11.4 Å². The van der Waals surface area contributed by atoms with Crippen LogP contribution in [0.15, 0.2) is 34.9 Å². The number of nitrogens with zero attached hydrogens (tertiary/aromatic N) is 1. The molecule has 0 aliphatic heterocycles. The van der Waals surface area contributed by atoms with Crippen LogP contribution < -0.4 is 0 Å². The van der Waals surface area contributed by atoms with Crippen molar-refractivity contribution < 1.29 is 4.42 Å². The van der Waals surface area contributed by atoms with Gasteiger partial charge in [0.2, 0.25) is 0 Å². The molecule has 1 N–H and O–H groups in total. The summed E-state index contributed by atoms with van der Waals surface area (Å²) in [6, 6.07) is 8.01. The van der Waals surface area contributed by atoms with E-state index in [-0.39, 0.29) is 0 Å². The number of hydrogen-bond acceptors (Lipinski definition) is 3. The summed E-state index contributed by atoms with van der Waals surface area (Å²) in [6.07, 6.45) is 7.56. The number of rotatable bonds is 1. The maximum atomic E-state index is 5.62. The molecule has 1 aromatic carbocycles. The van der Waals surface area contributed by atoms with Crippen LogP contribution in [0.25, 0.3) is 22.4 Å². The molecule has 0 saturated heterocycles. The largest absolute Gasteiger partial charge is 0.464 e. The number of furan rings is 1. The standard InChI is InChI=1S/C17H16N2OS/c21-17-12-7-2-1-3-8-14(12)18-16(19-17)13-10-20-15-9-5-4-6-11(13)15/h4-6,9-10H,1-3,7-8H2,(H,18,19,21). The van der Waals surface area contributed by atoms with Gasteiger partial charge in [-0.15, -0.1) is 0 Å². The molecule has 0 saturated carbocycles. The van der Waals surface area contributed by atoms with E-state index >= 15 is 0 Å². The van der Waals surface area contributed by atoms with E-state index in [1.54, 1.807) is 6.26 Å². The predicted octanol–water partition coefficient (Wildman–Crippen LogP) is 4.82. The molecule has 2 heterocycles. The van der Waals surface area contributed by atoms with E-state index in [0.717, 1.165) is 39.8 Å². The number of aryl methyl sites for hydroxylation is 1. The SMILES string of the molecule is S=c1nc(-c2coc3ccccc23)[nH]c2c1CCCCC2. The molecule has 2 aromatic heterocycles. The number of nitrogens with one attached hydrogen (secondary N) is 1. The number of aromatic nitrogens is 2. The maximum absolute atomic E-state index is 5.62. The van der Waals surface area contributed by atoms with Gasteiger partial charge in [0.05, 0.1) is 5.56 Å². The van der Waals surface area contributed by atoms with Crippen LogP contribution in [-0.2, 0) is 12.8 Å². The van der Waals surface area contributed by atoms with Crippen molar-refractivity contribution in [2.75, 3.05) is 0 Å². The van der Waals surface area contributed by atoms with Crippen molar-refractivity contribution in [2.24, 2.45) is 0 Å². The van der Waals surface area contributed by atoms with Crippen LogP contribution in [0.5, 0.6) is 0 Å². The van der Waals surface area contributed by atoms with E-state index in [2.05, 4.69) is 16.0 Å². The molecule has 0 unspecified atom stereocenters. The minimum absolute atomic E-state index is 0.742. The van der Waals surface area contributed by atoms with E-state index in [1.165, 1.54) is 30.5 Å². The lowest BCUT2D eigenvalue weighted by Gasteiger charge is -2.08. The van der Waals surface area contributed by atoms with Crippen LogP contribution in [0.2, 0.25) is 0 Å². The van der Waals surface area contributed by atoms with Crippen molar-refractivity contribution in [1.82, 2.24) is 9.97 Å². The zero-order valence-electron chi connectivity index (χ0n) is 11.7. The zero-order chi connectivity index (χ0) is 14.2. The van der Waals surface area contributed by atoms with Gasteiger partial charge in [0, 0.05) is 16.6 Å². The summed E-state index contributed by atoms with van der Waals surface area (Å²) in [6.45, 7) is 0. The van der Waals surface area contributed by atoms with Crippen molar-refractivity contribution in [2.45, 2.75) is 32.1 Å². The molecule has 4 heteroatoms. The van der Waals surface area contributed by atoms with Gasteiger partial charge >= 0.3 is 0 Å². The first kappa shape index (κ1) is 12.8. The second-order valence-electron chi connectivity index (χ2n) is 5.55. The molecule has 4 rings (SSSR count). The van der Waals surface area contributed by atoms with Gasteiger partial charge in [0.15, 0.2) is 0 Å². The highest BCUT2D eigenvalue weighted by atomic mass is 32.1. The summed E-state index contributed by atoms with van der Waals surface area (Å²) in [4.78, 5) is 8.12. The van der Waals surface area contributed by atoms with Gasteiger partial charge in [-0.2, -0.15) is 0 Å². The second-order valence-corrected chi connectivity index (χ2v) is 5.94. The Morgan fingerprint density at radius 3 is 2.90 bits per heavy atom. The molecule has 1 aliphatic carbocycles. The van der Waals surface area contributed by atoms with Gasteiger partial charge in [-0.1, -0.05) is 36.8 Å². The highest BCUT2D eigenvalue weighted by Gasteiger charge is 2.15. The summed E-state index contributed by atoms with van der Waals surface area (Å²) >= 11 is 5.52. The van der Waals surface area contributed by atoms with E-state index in [4.69, 9.17) is 16.6 Å². The van der Waals surface area contributed by atoms with Crippen molar-refractivity contribution in [3.05, 3.63) is 46.4 Å². The molecule has 1 aliphatic rings. The van der Waals surface area contributed by atoms with Crippen LogP contribution in [-0.4, -0.2) is 9.97 Å². The smallest absolute Gasteiger partial charge is 0.143 e. The van der Waals surface area contributed by atoms with E-state index < -0.39 is 0 Å². The zero-order valence-corrected chi connectivity index (χ0v) is 12.5. The Bertz CT molecular complexity index is 863. The number of fused-ring (bicyclic) bond motifs is 2. The summed E-state index contributed by atoms with van der Waals surface area (Å²) < 4.78 is 6.36. The van der Waals surface area contributed by atoms with E-state index in [0.29, 0.717) is 0 Å². The molecule has 21 heavy (non-hydrogen) atoms. The molecular weight excluding hydrogens is 280 g/mol. The number of H-pyrrole nitrogens is 1. The van der Waals surface area contributed by atoms with Crippen LogP contribution in [0.1, 0.15) is 30.5 Å². The lowest BCUT2D eigenvalue weighted by molar-refractivity contribution is 0.616. The minimum Gasteiger partial charge on any atom is -0.464 e. The Morgan fingerprint density at radius 2 is 1.95 bits per heavy atom. The third kappa shape index (κ3) is 2.20. The summed E-state index contributed by atoms with van der Waals surface area (Å²) in [5, 5.41) is 1.07. The Labute approximate surface area is 128 Å². The molecule has 0 amide bonds. The van der Waals surface area contributed by atoms with Gasteiger partial charge < -0.3 is 9.40 Å². The molecular formula is C17H16N2OS. The quantitative estimate of drug-likeness (QED) is 0.517. The average Bonchev–Trinajstić information content (AvgIpc) is 2.78. The van der Waals surface area contributed by atoms with Gasteiger partial charge in [-0.05, 0) is 31.7 Å². The molecule has 3 nitrogen and oxygen atoms in total. The highest BCUT2D eigenvalue weighted by Crippen LogP contribution is 2.29. The van der Waals surface area contributed by atoms with Crippen molar-refractivity contribution >= 4 is 23.2 Å². The van der Waals surface area contributed by atoms with Gasteiger partial charge in [0.1, 0.15) is 22.3 Å². The molecule has 0 spiro atoms.